The maximum Gasteiger partial charge on any atom is 0.296 e. The fraction of sp³-hybridized carbons (Fsp3) is 0.625. The molecule has 1 aliphatic heterocycles. The molecule has 0 radical (unpaired) electrons. The lowest BCUT2D eigenvalue weighted by molar-refractivity contribution is 0.198. The molecule has 0 bridgehead atoms. The lowest BCUT2D eigenvalue weighted by atomic mass is 10.3. The van der Waals surface area contributed by atoms with Gasteiger partial charge in [-0.3, -0.25) is 0 Å². The van der Waals surface area contributed by atoms with Gasteiger partial charge in [-0.05, 0) is 13.0 Å². The number of hydrogen-bond donors (Lipinski definition) is 1. The molecular weight excluding hydrogens is 154 g/mol. The molecule has 4 nitrogen and oxygen atoms in total. The maximum atomic E-state index is 5.64. The van der Waals surface area contributed by atoms with E-state index in [9.17, 15) is 0 Å². The summed E-state index contributed by atoms with van der Waals surface area (Å²) in [4.78, 5) is 4.09. The van der Waals surface area contributed by atoms with E-state index >= 15 is 0 Å². The molecule has 0 spiro atoms. The Labute approximate surface area is 71.6 Å². The molecule has 1 saturated heterocycles. The fourth-order valence-electron chi connectivity index (χ4n) is 1.34. The van der Waals surface area contributed by atoms with Crippen molar-refractivity contribution in [3.05, 3.63) is 12.4 Å². The van der Waals surface area contributed by atoms with Crippen molar-refractivity contribution in [1.82, 2.24) is 14.9 Å². The SMILES string of the molecule is Cn1ccnc1OC1CCNC1. The van der Waals surface area contributed by atoms with Crippen LogP contribution in [0.1, 0.15) is 6.42 Å². The van der Waals surface area contributed by atoms with E-state index in [0.29, 0.717) is 12.1 Å². The van der Waals surface area contributed by atoms with Gasteiger partial charge in [0.1, 0.15) is 6.10 Å². The van der Waals surface area contributed by atoms with Gasteiger partial charge in [0.15, 0.2) is 0 Å². The second-order valence-electron chi connectivity index (χ2n) is 3.05. The first-order valence-corrected chi connectivity index (χ1v) is 4.21. The minimum atomic E-state index is 0.297. The van der Waals surface area contributed by atoms with E-state index in [2.05, 4.69) is 10.3 Å². The number of aromatic nitrogens is 2. The predicted octanol–water partition coefficient (Wildman–Crippen LogP) is 0.161. The zero-order valence-corrected chi connectivity index (χ0v) is 7.16. The third-order valence-electron chi connectivity index (χ3n) is 2.06. The van der Waals surface area contributed by atoms with Crippen LogP contribution in [0.25, 0.3) is 0 Å². The third-order valence-corrected chi connectivity index (χ3v) is 2.06. The van der Waals surface area contributed by atoms with Crippen molar-refractivity contribution in [3.8, 4) is 6.01 Å². The molecule has 12 heavy (non-hydrogen) atoms. The van der Waals surface area contributed by atoms with Crippen LogP contribution in [0.2, 0.25) is 0 Å². The van der Waals surface area contributed by atoms with Gasteiger partial charge in [0.25, 0.3) is 6.01 Å². The fourth-order valence-corrected chi connectivity index (χ4v) is 1.34. The minimum Gasteiger partial charge on any atom is -0.460 e. The molecule has 1 atom stereocenters. The van der Waals surface area contributed by atoms with Crippen molar-refractivity contribution < 1.29 is 4.74 Å². The zero-order chi connectivity index (χ0) is 8.39. The van der Waals surface area contributed by atoms with Gasteiger partial charge in [-0.1, -0.05) is 0 Å². The highest BCUT2D eigenvalue weighted by Gasteiger charge is 2.17. The van der Waals surface area contributed by atoms with Crippen molar-refractivity contribution in [2.24, 2.45) is 7.05 Å². The number of aryl methyl sites for hydroxylation is 1. The summed E-state index contributed by atoms with van der Waals surface area (Å²) in [6.45, 7) is 1.99. The Bertz CT molecular complexity index is 253. The van der Waals surface area contributed by atoms with E-state index in [4.69, 9.17) is 4.74 Å². The Morgan fingerprint density at radius 2 is 2.67 bits per heavy atom. The number of nitrogens with one attached hydrogen (secondary N) is 1. The van der Waals surface area contributed by atoms with Crippen LogP contribution in [-0.2, 0) is 7.05 Å². The molecule has 2 rings (SSSR count). The van der Waals surface area contributed by atoms with Gasteiger partial charge < -0.3 is 14.6 Å². The zero-order valence-electron chi connectivity index (χ0n) is 7.16. The summed E-state index contributed by atoms with van der Waals surface area (Å²) in [5.74, 6) is 0. The number of nitrogens with zero attached hydrogens (tertiary/aromatic N) is 2. The van der Waals surface area contributed by atoms with Gasteiger partial charge in [0.2, 0.25) is 0 Å². The second kappa shape index (κ2) is 3.15. The number of ether oxygens (including phenoxy) is 1. The highest BCUT2D eigenvalue weighted by molar-refractivity contribution is 4.98. The van der Waals surface area contributed by atoms with E-state index in [0.717, 1.165) is 19.5 Å². The summed E-state index contributed by atoms with van der Waals surface area (Å²) in [5, 5.41) is 3.24. The summed E-state index contributed by atoms with van der Waals surface area (Å²) >= 11 is 0. The van der Waals surface area contributed by atoms with Crippen LogP contribution in [0.5, 0.6) is 6.01 Å². The van der Waals surface area contributed by atoms with E-state index in [1.807, 2.05) is 17.8 Å². The second-order valence-corrected chi connectivity index (χ2v) is 3.05. The number of imidazole rings is 1. The maximum absolute atomic E-state index is 5.64. The molecule has 0 saturated carbocycles. The molecule has 1 N–H and O–H groups in total. The summed E-state index contributed by atoms with van der Waals surface area (Å²) in [6, 6.07) is 0.712. The normalized spacial score (nSPS) is 22.9. The highest BCUT2D eigenvalue weighted by atomic mass is 16.5. The van der Waals surface area contributed by atoms with Crippen LogP contribution in [0.3, 0.4) is 0 Å². The van der Waals surface area contributed by atoms with Crippen molar-refractivity contribution in [1.29, 1.82) is 0 Å². The Morgan fingerprint density at radius 3 is 3.25 bits per heavy atom. The number of rotatable bonds is 2. The quantitative estimate of drug-likeness (QED) is 0.682. The molecule has 0 amide bonds. The molecule has 1 aliphatic rings. The first-order chi connectivity index (χ1) is 5.86. The molecular formula is C8H13N3O. The molecule has 2 heterocycles. The van der Waals surface area contributed by atoms with Crippen LogP contribution in [0.15, 0.2) is 12.4 Å². The van der Waals surface area contributed by atoms with Crippen molar-refractivity contribution in [2.75, 3.05) is 13.1 Å². The molecule has 66 valence electrons. The summed E-state index contributed by atoms with van der Waals surface area (Å²) in [5.41, 5.74) is 0. The first kappa shape index (κ1) is 7.61. The lowest BCUT2D eigenvalue weighted by Gasteiger charge is -2.10. The van der Waals surface area contributed by atoms with E-state index in [1.54, 1.807) is 6.20 Å². The minimum absolute atomic E-state index is 0.297. The van der Waals surface area contributed by atoms with Crippen LogP contribution in [0.4, 0.5) is 0 Å². The van der Waals surface area contributed by atoms with Crippen LogP contribution in [0, 0.1) is 0 Å². The first-order valence-electron chi connectivity index (χ1n) is 4.21. The van der Waals surface area contributed by atoms with Crippen molar-refractivity contribution in [2.45, 2.75) is 12.5 Å². The standard InChI is InChI=1S/C8H13N3O/c1-11-5-4-10-8(11)12-7-2-3-9-6-7/h4-5,7,9H,2-3,6H2,1H3. The Hall–Kier alpha value is -1.03. The monoisotopic (exact) mass is 167 g/mol. The van der Waals surface area contributed by atoms with Gasteiger partial charge >= 0.3 is 0 Å². The van der Waals surface area contributed by atoms with Gasteiger partial charge in [-0.15, -0.1) is 0 Å². The molecule has 0 aliphatic carbocycles. The van der Waals surface area contributed by atoms with Crippen LogP contribution >= 0.6 is 0 Å². The lowest BCUT2D eigenvalue weighted by Crippen LogP contribution is -2.20. The van der Waals surface area contributed by atoms with Gasteiger partial charge in [0, 0.05) is 26.0 Å². The number of hydrogen-bond acceptors (Lipinski definition) is 3. The molecule has 0 aromatic carbocycles. The molecule has 1 aromatic rings. The van der Waals surface area contributed by atoms with Gasteiger partial charge in [-0.25, -0.2) is 4.98 Å². The molecule has 1 aromatic heterocycles. The average molecular weight is 167 g/mol. The molecule has 4 heteroatoms. The average Bonchev–Trinajstić information content (AvgIpc) is 2.65. The van der Waals surface area contributed by atoms with E-state index in [1.165, 1.54) is 0 Å². The third kappa shape index (κ3) is 1.43. The Morgan fingerprint density at radius 1 is 1.75 bits per heavy atom. The molecule has 1 fully saturated rings. The Balaban J connectivity index is 1.98. The Kier molecular flexibility index (Phi) is 1.99. The predicted molar refractivity (Wildman–Crippen MR) is 45.1 cm³/mol. The smallest absolute Gasteiger partial charge is 0.296 e. The highest BCUT2D eigenvalue weighted by Crippen LogP contribution is 2.10. The van der Waals surface area contributed by atoms with Gasteiger partial charge in [0.05, 0.1) is 0 Å². The summed E-state index contributed by atoms with van der Waals surface area (Å²) in [7, 11) is 1.94. The summed E-state index contributed by atoms with van der Waals surface area (Å²) in [6.07, 6.45) is 5.01. The van der Waals surface area contributed by atoms with Crippen molar-refractivity contribution in [3.63, 3.8) is 0 Å². The topological polar surface area (TPSA) is 39.1 Å². The van der Waals surface area contributed by atoms with E-state index < -0.39 is 0 Å². The molecule has 1 unspecified atom stereocenters. The van der Waals surface area contributed by atoms with Crippen LogP contribution in [-0.4, -0.2) is 28.7 Å². The largest absolute Gasteiger partial charge is 0.460 e. The van der Waals surface area contributed by atoms with Crippen LogP contribution < -0.4 is 10.1 Å². The van der Waals surface area contributed by atoms with Gasteiger partial charge in [-0.2, -0.15) is 0 Å². The summed E-state index contributed by atoms with van der Waals surface area (Å²) < 4.78 is 7.52. The van der Waals surface area contributed by atoms with Crippen molar-refractivity contribution >= 4 is 0 Å². The van der Waals surface area contributed by atoms with E-state index in [-0.39, 0.29) is 0 Å².